The van der Waals surface area contributed by atoms with Crippen molar-refractivity contribution in [3.05, 3.63) is 35.6 Å². The topological polar surface area (TPSA) is 38.0 Å². The van der Waals surface area contributed by atoms with Crippen LogP contribution in [0.4, 0.5) is 4.39 Å². The number of nitrogens with two attached hydrogens (primary N) is 1. The second-order valence-electron chi connectivity index (χ2n) is 5.01. The molecule has 3 heteroatoms. The molecule has 1 fully saturated rings. The molecule has 1 atom stereocenters. The third-order valence-corrected chi connectivity index (χ3v) is 3.75. The van der Waals surface area contributed by atoms with Gasteiger partial charge >= 0.3 is 0 Å². The average molecular weight is 236 g/mol. The van der Waals surface area contributed by atoms with Gasteiger partial charge in [0.25, 0.3) is 0 Å². The number of hydrazine groups is 1. The van der Waals surface area contributed by atoms with Crippen LogP contribution in [0.2, 0.25) is 0 Å². The Morgan fingerprint density at radius 1 is 1.29 bits per heavy atom. The molecule has 1 unspecified atom stereocenters. The van der Waals surface area contributed by atoms with Crippen LogP contribution >= 0.6 is 0 Å². The van der Waals surface area contributed by atoms with E-state index in [-0.39, 0.29) is 11.9 Å². The summed E-state index contributed by atoms with van der Waals surface area (Å²) in [5.41, 5.74) is 3.78. The smallest absolute Gasteiger partial charge is 0.123 e. The van der Waals surface area contributed by atoms with Gasteiger partial charge in [-0.1, -0.05) is 44.2 Å². The zero-order valence-corrected chi connectivity index (χ0v) is 10.2. The number of benzene rings is 1. The number of halogens is 1. The Hall–Kier alpha value is -0.930. The van der Waals surface area contributed by atoms with E-state index >= 15 is 0 Å². The molecule has 0 amide bonds. The summed E-state index contributed by atoms with van der Waals surface area (Å²) < 4.78 is 13.2. The van der Waals surface area contributed by atoms with Crippen molar-refractivity contribution in [1.82, 2.24) is 5.43 Å². The predicted molar refractivity (Wildman–Crippen MR) is 67.7 cm³/mol. The molecule has 2 nitrogen and oxygen atoms in total. The van der Waals surface area contributed by atoms with E-state index in [0.717, 1.165) is 17.9 Å². The van der Waals surface area contributed by atoms with Crippen LogP contribution in [-0.2, 0) is 0 Å². The molecule has 0 aromatic heterocycles. The predicted octanol–water partition coefficient (Wildman–Crippen LogP) is 3.30. The minimum absolute atomic E-state index is 0.0776. The maximum absolute atomic E-state index is 13.2. The van der Waals surface area contributed by atoms with Gasteiger partial charge in [0, 0.05) is 6.04 Å². The van der Waals surface area contributed by atoms with E-state index in [2.05, 4.69) is 5.43 Å². The highest BCUT2D eigenvalue weighted by atomic mass is 19.1. The highest BCUT2D eigenvalue weighted by Crippen LogP contribution is 2.31. The Morgan fingerprint density at radius 2 is 2.06 bits per heavy atom. The fourth-order valence-corrected chi connectivity index (χ4v) is 2.78. The zero-order chi connectivity index (χ0) is 12.1. The van der Waals surface area contributed by atoms with E-state index < -0.39 is 0 Å². The summed E-state index contributed by atoms with van der Waals surface area (Å²) >= 11 is 0. The minimum atomic E-state index is -0.189. The molecule has 17 heavy (non-hydrogen) atoms. The summed E-state index contributed by atoms with van der Waals surface area (Å²) in [6.07, 6.45) is 7.59. The van der Waals surface area contributed by atoms with E-state index in [1.807, 2.05) is 6.07 Å². The lowest BCUT2D eigenvalue weighted by Crippen LogP contribution is -2.30. The van der Waals surface area contributed by atoms with Crippen LogP contribution in [-0.4, -0.2) is 0 Å². The van der Waals surface area contributed by atoms with Crippen molar-refractivity contribution >= 4 is 0 Å². The Kier molecular flexibility index (Phi) is 4.51. The van der Waals surface area contributed by atoms with Gasteiger partial charge in [0.1, 0.15) is 5.82 Å². The van der Waals surface area contributed by atoms with E-state index in [0.29, 0.717) is 0 Å². The summed E-state index contributed by atoms with van der Waals surface area (Å²) in [5.74, 6) is 6.14. The highest BCUT2D eigenvalue weighted by molar-refractivity contribution is 5.20. The average Bonchev–Trinajstić information content (AvgIpc) is 2.37. The maximum atomic E-state index is 13.2. The lowest BCUT2D eigenvalue weighted by atomic mass is 9.83. The second kappa shape index (κ2) is 6.12. The monoisotopic (exact) mass is 236 g/mol. The maximum Gasteiger partial charge on any atom is 0.123 e. The number of nitrogens with one attached hydrogen (secondary N) is 1. The first kappa shape index (κ1) is 12.5. The van der Waals surface area contributed by atoms with E-state index in [1.54, 1.807) is 12.1 Å². The largest absolute Gasteiger partial charge is 0.271 e. The normalized spacial score (nSPS) is 19.2. The van der Waals surface area contributed by atoms with Crippen LogP contribution in [0.25, 0.3) is 0 Å². The fourth-order valence-electron chi connectivity index (χ4n) is 2.78. The first-order valence-electron chi connectivity index (χ1n) is 6.51. The molecular formula is C14H21FN2. The van der Waals surface area contributed by atoms with E-state index in [1.165, 1.54) is 38.2 Å². The Labute approximate surface area is 102 Å². The molecule has 0 heterocycles. The van der Waals surface area contributed by atoms with Crippen molar-refractivity contribution < 1.29 is 4.39 Å². The van der Waals surface area contributed by atoms with Crippen LogP contribution in [0.15, 0.2) is 24.3 Å². The fraction of sp³-hybridized carbons (Fsp3) is 0.571. The van der Waals surface area contributed by atoms with Gasteiger partial charge in [0.2, 0.25) is 0 Å². The molecule has 1 aromatic carbocycles. The standard InChI is InChI=1S/C14H21FN2/c15-13-8-4-7-12(10-13)14(17-16)9-11-5-2-1-3-6-11/h4,7-8,10-11,14,17H,1-3,5-6,9,16H2. The Morgan fingerprint density at radius 3 is 2.71 bits per heavy atom. The van der Waals surface area contributed by atoms with Crippen LogP contribution in [0.5, 0.6) is 0 Å². The lowest BCUT2D eigenvalue weighted by molar-refractivity contribution is 0.301. The molecule has 1 aliphatic carbocycles. The van der Waals surface area contributed by atoms with Gasteiger partial charge in [-0.3, -0.25) is 11.3 Å². The molecule has 0 radical (unpaired) electrons. The van der Waals surface area contributed by atoms with Crippen molar-refractivity contribution in [2.24, 2.45) is 11.8 Å². The SMILES string of the molecule is NNC(CC1CCCCC1)c1cccc(F)c1. The molecule has 2 rings (SSSR count). The number of hydrogen-bond acceptors (Lipinski definition) is 2. The highest BCUT2D eigenvalue weighted by Gasteiger charge is 2.19. The van der Waals surface area contributed by atoms with Gasteiger partial charge in [-0.2, -0.15) is 0 Å². The molecule has 0 aliphatic heterocycles. The molecule has 0 spiro atoms. The summed E-state index contributed by atoms with van der Waals surface area (Å²) in [4.78, 5) is 0. The van der Waals surface area contributed by atoms with Gasteiger partial charge in [0.05, 0.1) is 0 Å². The van der Waals surface area contributed by atoms with Gasteiger partial charge in [0.15, 0.2) is 0 Å². The van der Waals surface area contributed by atoms with Gasteiger partial charge in [-0.25, -0.2) is 4.39 Å². The Bertz CT molecular complexity index is 348. The molecule has 3 N–H and O–H groups in total. The molecule has 0 bridgehead atoms. The summed E-state index contributed by atoms with van der Waals surface area (Å²) in [7, 11) is 0. The summed E-state index contributed by atoms with van der Waals surface area (Å²) in [5, 5.41) is 0. The zero-order valence-electron chi connectivity index (χ0n) is 10.2. The molecule has 1 aliphatic rings. The molecule has 1 saturated carbocycles. The Balaban J connectivity index is 2.00. The summed E-state index contributed by atoms with van der Waals surface area (Å²) in [6, 6.07) is 6.81. The van der Waals surface area contributed by atoms with Gasteiger partial charge in [-0.15, -0.1) is 0 Å². The quantitative estimate of drug-likeness (QED) is 0.622. The molecule has 94 valence electrons. The van der Waals surface area contributed by atoms with E-state index in [4.69, 9.17) is 5.84 Å². The first-order valence-corrected chi connectivity index (χ1v) is 6.51. The number of hydrogen-bond donors (Lipinski definition) is 2. The molecule has 0 saturated heterocycles. The van der Waals surface area contributed by atoms with Crippen molar-refractivity contribution in [3.63, 3.8) is 0 Å². The van der Waals surface area contributed by atoms with Crippen molar-refractivity contribution in [2.75, 3.05) is 0 Å². The third-order valence-electron chi connectivity index (χ3n) is 3.75. The van der Waals surface area contributed by atoms with Crippen LogP contribution in [0.1, 0.15) is 50.1 Å². The lowest BCUT2D eigenvalue weighted by Gasteiger charge is -2.26. The number of rotatable bonds is 4. The summed E-state index contributed by atoms with van der Waals surface area (Å²) in [6.45, 7) is 0. The molecule has 1 aromatic rings. The first-order chi connectivity index (χ1) is 8.29. The minimum Gasteiger partial charge on any atom is -0.271 e. The van der Waals surface area contributed by atoms with Gasteiger partial charge in [-0.05, 0) is 30.0 Å². The van der Waals surface area contributed by atoms with Crippen LogP contribution < -0.4 is 11.3 Å². The molecular weight excluding hydrogens is 215 g/mol. The van der Waals surface area contributed by atoms with E-state index in [9.17, 15) is 4.39 Å². The van der Waals surface area contributed by atoms with Gasteiger partial charge < -0.3 is 0 Å². The van der Waals surface area contributed by atoms with Crippen molar-refractivity contribution in [2.45, 2.75) is 44.6 Å². The van der Waals surface area contributed by atoms with Crippen LogP contribution in [0, 0.1) is 11.7 Å². The van der Waals surface area contributed by atoms with Crippen LogP contribution in [0.3, 0.4) is 0 Å². The van der Waals surface area contributed by atoms with Crippen molar-refractivity contribution in [1.29, 1.82) is 0 Å². The third kappa shape index (κ3) is 3.51. The van der Waals surface area contributed by atoms with Crippen molar-refractivity contribution in [3.8, 4) is 0 Å². The second-order valence-corrected chi connectivity index (χ2v) is 5.01.